The summed E-state index contributed by atoms with van der Waals surface area (Å²) in [6.45, 7) is 1.76. The number of rotatable bonds is 6. The number of nitrogens with one attached hydrogen (secondary N) is 2. The van der Waals surface area contributed by atoms with Crippen molar-refractivity contribution in [1.82, 2.24) is 10.6 Å². The molecular formula is C10H17N3O4. The minimum absolute atomic E-state index is 0.0531. The van der Waals surface area contributed by atoms with Crippen LogP contribution in [0.1, 0.15) is 26.2 Å². The highest BCUT2D eigenvalue weighted by molar-refractivity contribution is 5.81. The van der Waals surface area contributed by atoms with Crippen LogP contribution in [0, 0.1) is 5.41 Å². The third-order valence-electron chi connectivity index (χ3n) is 2.78. The van der Waals surface area contributed by atoms with Gasteiger partial charge in [0.05, 0.1) is 5.41 Å². The lowest BCUT2D eigenvalue weighted by molar-refractivity contribution is -0.143. The zero-order chi connectivity index (χ0) is 13.1. The Bertz CT molecular complexity index is 338. The van der Waals surface area contributed by atoms with E-state index in [0.717, 1.165) is 0 Å². The standard InChI is InChI=1S/C10H17N3O4/c1-6(4-7(11)14)13-9(17)12-5-10(2-3-10)8(15)16/h6H,2-5H2,1H3,(H2,11,14)(H,15,16)(H2,12,13,17). The molecule has 0 spiro atoms. The van der Waals surface area contributed by atoms with Gasteiger partial charge in [0.2, 0.25) is 5.91 Å². The average Bonchev–Trinajstić information content (AvgIpc) is 2.93. The molecule has 1 saturated carbocycles. The largest absolute Gasteiger partial charge is 0.481 e. The summed E-state index contributed by atoms with van der Waals surface area (Å²) in [6, 6.07) is -0.848. The van der Waals surface area contributed by atoms with Gasteiger partial charge in [-0.3, -0.25) is 9.59 Å². The second-order valence-electron chi connectivity index (χ2n) is 4.48. The third kappa shape index (κ3) is 3.93. The van der Waals surface area contributed by atoms with Crippen molar-refractivity contribution in [2.24, 2.45) is 11.1 Å². The molecule has 1 atom stereocenters. The average molecular weight is 243 g/mol. The lowest BCUT2D eigenvalue weighted by atomic mass is 10.1. The van der Waals surface area contributed by atoms with E-state index >= 15 is 0 Å². The Morgan fingerprint density at radius 1 is 1.41 bits per heavy atom. The molecule has 0 aromatic heterocycles. The molecule has 0 radical (unpaired) electrons. The minimum Gasteiger partial charge on any atom is -0.481 e. The number of carbonyl (C=O) groups is 3. The van der Waals surface area contributed by atoms with Crippen LogP contribution in [-0.4, -0.2) is 35.6 Å². The summed E-state index contributed by atoms with van der Waals surface area (Å²) in [6.07, 6.45) is 1.22. The Balaban J connectivity index is 2.26. The van der Waals surface area contributed by atoms with E-state index in [4.69, 9.17) is 10.8 Å². The molecule has 5 N–H and O–H groups in total. The van der Waals surface area contributed by atoms with Gasteiger partial charge in [0, 0.05) is 19.0 Å². The van der Waals surface area contributed by atoms with Gasteiger partial charge >= 0.3 is 12.0 Å². The van der Waals surface area contributed by atoms with Gasteiger partial charge in [0.1, 0.15) is 0 Å². The zero-order valence-corrected chi connectivity index (χ0v) is 9.66. The molecule has 0 aliphatic heterocycles. The number of primary amides is 1. The van der Waals surface area contributed by atoms with Crippen LogP contribution in [0.5, 0.6) is 0 Å². The quantitative estimate of drug-likeness (QED) is 0.498. The summed E-state index contributed by atoms with van der Waals surface area (Å²) in [5.74, 6) is -1.38. The molecule has 0 aromatic carbocycles. The van der Waals surface area contributed by atoms with Crippen LogP contribution in [0.15, 0.2) is 0 Å². The number of urea groups is 1. The van der Waals surface area contributed by atoms with E-state index in [1.807, 2.05) is 0 Å². The van der Waals surface area contributed by atoms with Crippen LogP contribution in [0.25, 0.3) is 0 Å². The van der Waals surface area contributed by atoms with Crippen LogP contribution >= 0.6 is 0 Å². The molecule has 17 heavy (non-hydrogen) atoms. The van der Waals surface area contributed by atoms with Gasteiger partial charge < -0.3 is 21.5 Å². The van der Waals surface area contributed by atoms with E-state index in [9.17, 15) is 14.4 Å². The van der Waals surface area contributed by atoms with E-state index in [-0.39, 0.29) is 19.0 Å². The second-order valence-corrected chi connectivity index (χ2v) is 4.48. The number of carbonyl (C=O) groups excluding carboxylic acids is 2. The normalized spacial score (nSPS) is 17.9. The van der Waals surface area contributed by atoms with E-state index < -0.39 is 23.3 Å². The number of carboxylic acids is 1. The number of carboxylic acid groups (broad SMARTS) is 1. The van der Waals surface area contributed by atoms with Crippen molar-refractivity contribution in [3.8, 4) is 0 Å². The molecule has 3 amide bonds. The topological polar surface area (TPSA) is 122 Å². The molecule has 0 heterocycles. The molecule has 0 bridgehead atoms. The van der Waals surface area contributed by atoms with Gasteiger partial charge in [0.25, 0.3) is 0 Å². The first-order valence-electron chi connectivity index (χ1n) is 5.42. The van der Waals surface area contributed by atoms with Gasteiger partial charge in [-0.15, -0.1) is 0 Å². The number of amides is 3. The smallest absolute Gasteiger partial charge is 0.315 e. The Labute approximate surface area is 98.7 Å². The first-order valence-corrected chi connectivity index (χ1v) is 5.42. The molecule has 7 heteroatoms. The molecule has 1 fully saturated rings. The van der Waals surface area contributed by atoms with Crippen molar-refractivity contribution in [3.05, 3.63) is 0 Å². The van der Waals surface area contributed by atoms with E-state index in [2.05, 4.69) is 10.6 Å². The van der Waals surface area contributed by atoms with Crippen LogP contribution in [-0.2, 0) is 9.59 Å². The highest BCUT2D eigenvalue weighted by Crippen LogP contribution is 2.45. The van der Waals surface area contributed by atoms with Gasteiger partial charge in [-0.05, 0) is 19.8 Å². The molecule has 7 nitrogen and oxygen atoms in total. The lowest BCUT2D eigenvalue weighted by Crippen LogP contribution is -2.45. The molecule has 1 unspecified atom stereocenters. The predicted octanol–water partition coefficient (Wildman–Crippen LogP) is -0.586. The van der Waals surface area contributed by atoms with Crippen LogP contribution in [0.2, 0.25) is 0 Å². The minimum atomic E-state index is -0.886. The summed E-state index contributed by atoms with van der Waals surface area (Å²) in [7, 11) is 0. The fourth-order valence-corrected chi connectivity index (χ4v) is 1.49. The van der Waals surface area contributed by atoms with Crippen LogP contribution < -0.4 is 16.4 Å². The number of nitrogens with two attached hydrogens (primary N) is 1. The predicted molar refractivity (Wildman–Crippen MR) is 59.1 cm³/mol. The Hall–Kier alpha value is -1.79. The fraction of sp³-hybridized carbons (Fsp3) is 0.700. The first-order chi connectivity index (χ1) is 7.85. The van der Waals surface area contributed by atoms with E-state index in [0.29, 0.717) is 12.8 Å². The van der Waals surface area contributed by atoms with Crippen molar-refractivity contribution in [1.29, 1.82) is 0 Å². The van der Waals surface area contributed by atoms with Gasteiger partial charge in [0.15, 0.2) is 0 Å². The lowest BCUT2D eigenvalue weighted by Gasteiger charge is -2.15. The van der Waals surface area contributed by atoms with Gasteiger partial charge in [-0.25, -0.2) is 4.79 Å². The number of hydrogen-bond acceptors (Lipinski definition) is 3. The number of aliphatic carboxylic acids is 1. The summed E-state index contributed by atoms with van der Waals surface area (Å²) < 4.78 is 0. The van der Waals surface area contributed by atoms with Crippen LogP contribution in [0.3, 0.4) is 0 Å². The van der Waals surface area contributed by atoms with Crippen molar-refractivity contribution in [2.45, 2.75) is 32.2 Å². The molecule has 1 aliphatic rings. The van der Waals surface area contributed by atoms with E-state index in [1.54, 1.807) is 6.92 Å². The maximum Gasteiger partial charge on any atom is 0.315 e. The maximum atomic E-state index is 11.4. The number of hydrogen-bond donors (Lipinski definition) is 4. The van der Waals surface area contributed by atoms with Crippen molar-refractivity contribution >= 4 is 17.9 Å². The van der Waals surface area contributed by atoms with Crippen LogP contribution in [0.4, 0.5) is 4.79 Å². The summed E-state index contributed by atoms with van der Waals surface area (Å²) in [4.78, 5) is 32.8. The van der Waals surface area contributed by atoms with Crippen molar-refractivity contribution in [3.63, 3.8) is 0 Å². The highest BCUT2D eigenvalue weighted by atomic mass is 16.4. The Morgan fingerprint density at radius 3 is 2.41 bits per heavy atom. The molecular weight excluding hydrogens is 226 g/mol. The molecule has 1 aliphatic carbocycles. The monoisotopic (exact) mass is 243 g/mol. The SMILES string of the molecule is CC(CC(N)=O)NC(=O)NCC1(C(=O)O)CC1. The Kier molecular flexibility index (Phi) is 3.93. The molecule has 96 valence electrons. The summed E-state index contributed by atoms with van der Waals surface area (Å²) >= 11 is 0. The second kappa shape index (κ2) is 5.03. The first kappa shape index (κ1) is 13.3. The summed E-state index contributed by atoms with van der Waals surface area (Å²) in [5.41, 5.74) is 4.19. The zero-order valence-electron chi connectivity index (χ0n) is 9.66. The maximum absolute atomic E-state index is 11.4. The van der Waals surface area contributed by atoms with Crippen molar-refractivity contribution < 1.29 is 19.5 Å². The fourth-order valence-electron chi connectivity index (χ4n) is 1.49. The van der Waals surface area contributed by atoms with E-state index in [1.165, 1.54) is 0 Å². The molecule has 1 rings (SSSR count). The highest BCUT2D eigenvalue weighted by Gasteiger charge is 2.50. The van der Waals surface area contributed by atoms with Gasteiger partial charge in [-0.2, -0.15) is 0 Å². The third-order valence-corrected chi connectivity index (χ3v) is 2.78. The Morgan fingerprint density at radius 2 is 2.00 bits per heavy atom. The molecule has 0 aromatic rings. The van der Waals surface area contributed by atoms with Gasteiger partial charge in [-0.1, -0.05) is 0 Å². The summed E-state index contributed by atoms with van der Waals surface area (Å²) in [5, 5.41) is 13.9. The van der Waals surface area contributed by atoms with Crippen molar-refractivity contribution in [2.75, 3.05) is 6.54 Å². The molecule has 0 saturated heterocycles.